The maximum atomic E-state index is 11.8. The van der Waals surface area contributed by atoms with Crippen LogP contribution in [0.5, 0.6) is 0 Å². The molecule has 1 atom stereocenters. The van der Waals surface area contributed by atoms with Crippen LogP contribution in [0, 0.1) is 0 Å². The molecule has 1 aliphatic rings. The van der Waals surface area contributed by atoms with Crippen LogP contribution in [-0.4, -0.2) is 54.6 Å². The molecular formula is C13H17N3O5. The molecule has 0 aromatic carbocycles. The number of carboxylic acids is 1. The van der Waals surface area contributed by atoms with Crippen LogP contribution in [0.15, 0.2) is 18.5 Å². The number of hydrogen-bond donors (Lipinski definition) is 3. The Labute approximate surface area is 121 Å². The zero-order chi connectivity index (χ0) is 15.3. The monoisotopic (exact) mass is 295 g/mol. The van der Waals surface area contributed by atoms with Gasteiger partial charge in [-0.05, 0) is 6.07 Å². The van der Waals surface area contributed by atoms with Gasteiger partial charge >= 0.3 is 12.0 Å². The third-order valence-corrected chi connectivity index (χ3v) is 3.31. The van der Waals surface area contributed by atoms with Gasteiger partial charge in [-0.3, -0.25) is 4.98 Å². The lowest BCUT2D eigenvalue weighted by molar-refractivity contribution is -0.0135. The predicted molar refractivity (Wildman–Crippen MR) is 73.4 cm³/mol. The number of carbonyl (C=O) groups is 2. The van der Waals surface area contributed by atoms with Crippen molar-refractivity contribution >= 4 is 17.7 Å². The molecular weight excluding hydrogens is 278 g/mol. The van der Waals surface area contributed by atoms with E-state index in [-0.39, 0.29) is 5.56 Å². The predicted octanol–water partition coefficient (Wildman–Crippen LogP) is 0.707. The van der Waals surface area contributed by atoms with Crippen molar-refractivity contribution < 1.29 is 24.2 Å². The number of aromatic carboxylic acids is 1. The molecule has 2 amide bonds. The molecule has 0 saturated carbocycles. The van der Waals surface area contributed by atoms with Crippen LogP contribution in [0.3, 0.4) is 0 Å². The maximum absolute atomic E-state index is 11.8. The minimum Gasteiger partial charge on any atom is -0.478 e. The van der Waals surface area contributed by atoms with Gasteiger partial charge in [0.1, 0.15) is 5.60 Å². The molecule has 0 radical (unpaired) electrons. The van der Waals surface area contributed by atoms with Gasteiger partial charge in [0.15, 0.2) is 0 Å². The summed E-state index contributed by atoms with van der Waals surface area (Å²) in [7, 11) is 1.58. The summed E-state index contributed by atoms with van der Waals surface area (Å²) in [6, 6.07) is 0.877. The lowest BCUT2D eigenvalue weighted by Gasteiger charge is -2.25. The van der Waals surface area contributed by atoms with Crippen LogP contribution >= 0.6 is 0 Å². The van der Waals surface area contributed by atoms with Crippen molar-refractivity contribution in [3.8, 4) is 0 Å². The summed E-state index contributed by atoms with van der Waals surface area (Å²) < 4.78 is 10.7. The smallest absolute Gasteiger partial charge is 0.337 e. The van der Waals surface area contributed by atoms with E-state index < -0.39 is 17.6 Å². The Kier molecular flexibility index (Phi) is 4.71. The van der Waals surface area contributed by atoms with Crippen molar-refractivity contribution in [1.82, 2.24) is 10.3 Å². The molecule has 8 heteroatoms. The lowest BCUT2D eigenvalue weighted by atomic mass is 10.0. The summed E-state index contributed by atoms with van der Waals surface area (Å²) in [6.07, 6.45) is 3.29. The van der Waals surface area contributed by atoms with E-state index in [0.29, 0.717) is 31.9 Å². The van der Waals surface area contributed by atoms with Gasteiger partial charge in [0.2, 0.25) is 0 Å². The largest absolute Gasteiger partial charge is 0.478 e. The van der Waals surface area contributed by atoms with Crippen LogP contribution in [0.4, 0.5) is 10.5 Å². The van der Waals surface area contributed by atoms with Gasteiger partial charge in [-0.15, -0.1) is 0 Å². The molecule has 21 heavy (non-hydrogen) atoms. The highest BCUT2D eigenvalue weighted by Gasteiger charge is 2.35. The molecule has 1 aliphatic heterocycles. The van der Waals surface area contributed by atoms with Crippen molar-refractivity contribution in [3.05, 3.63) is 24.0 Å². The number of nitrogens with one attached hydrogen (secondary N) is 2. The van der Waals surface area contributed by atoms with Crippen LogP contribution < -0.4 is 10.6 Å². The summed E-state index contributed by atoms with van der Waals surface area (Å²) in [5.74, 6) is -1.10. The molecule has 8 nitrogen and oxygen atoms in total. The number of amides is 2. The number of ether oxygens (including phenoxy) is 2. The van der Waals surface area contributed by atoms with Gasteiger partial charge in [-0.25, -0.2) is 9.59 Å². The number of carboxylic acid groups (broad SMARTS) is 1. The van der Waals surface area contributed by atoms with Crippen molar-refractivity contribution in [2.75, 3.05) is 32.2 Å². The van der Waals surface area contributed by atoms with E-state index in [1.165, 1.54) is 18.5 Å². The van der Waals surface area contributed by atoms with Gasteiger partial charge in [-0.2, -0.15) is 0 Å². The Bertz CT molecular complexity index is 528. The van der Waals surface area contributed by atoms with Crippen LogP contribution in [0.2, 0.25) is 0 Å². The Hall–Kier alpha value is -2.19. The summed E-state index contributed by atoms with van der Waals surface area (Å²) in [6.45, 7) is 1.34. The number of nitrogens with zero attached hydrogens (tertiary/aromatic N) is 1. The zero-order valence-corrected chi connectivity index (χ0v) is 11.6. The summed E-state index contributed by atoms with van der Waals surface area (Å²) in [4.78, 5) is 26.4. The van der Waals surface area contributed by atoms with Crippen molar-refractivity contribution in [3.63, 3.8) is 0 Å². The molecule has 1 unspecified atom stereocenters. The second kappa shape index (κ2) is 6.51. The van der Waals surface area contributed by atoms with Gasteiger partial charge in [-0.1, -0.05) is 0 Å². The highest BCUT2D eigenvalue weighted by Crippen LogP contribution is 2.21. The minimum absolute atomic E-state index is 0.00496. The zero-order valence-electron chi connectivity index (χ0n) is 11.6. The number of carbonyl (C=O) groups excluding carboxylic acids is 1. The molecule has 1 aromatic rings. The molecule has 1 aromatic heterocycles. The highest BCUT2D eigenvalue weighted by atomic mass is 16.5. The summed E-state index contributed by atoms with van der Waals surface area (Å²) >= 11 is 0. The second-order valence-corrected chi connectivity index (χ2v) is 4.76. The van der Waals surface area contributed by atoms with E-state index in [1.54, 1.807) is 7.11 Å². The number of urea groups is 1. The Morgan fingerprint density at radius 1 is 1.52 bits per heavy atom. The van der Waals surface area contributed by atoms with Crippen molar-refractivity contribution in [2.24, 2.45) is 0 Å². The number of anilines is 1. The van der Waals surface area contributed by atoms with E-state index in [2.05, 4.69) is 15.6 Å². The molecule has 3 N–H and O–H groups in total. The van der Waals surface area contributed by atoms with Gasteiger partial charge in [0.05, 0.1) is 30.6 Å². The van der Waals surface area contributed by atoms with Crippen molar-refractivity contribution in [2.45, 2.75) is 12.0 Å². The number of pyridine rings is 1. The molecule has 0 bridgehead atoms. The second-order valence-electron chi connectivity index (χ2n) is 4.76. The number of methoxy groups -OCH3 is 1. The topological polar surface area (TPSA) is 110 Å². The average molecular weight is 295 g/mol. The van der Waals surface area contributed by atoms with E-state index in [9.17, 15) is 9.59 Å². The fourth-order valence-corrected chi connectivity index (χ4v) is 2.00. The average Bonchev–Trinajstić information content (AvgIpc) is 2.95. The fourth-order valence-electron chi connectivity index (χ4n) is 2.00. The summed E-state index contributed by atoms with van der Waals surface area (Å²) in [5.41, 5.74) is -0.190. The standard InChI is InChI=1S/C13H17N3O5/c1-20-13(2-3-21-8-13)7-15-12(19)16-10-4-9(11(17)18)5-14-6-10/h4-6H,2-3,7-8H2,1H3,(H,17,18)(H2,15,16,19). The number of hydrogen-bond acceptors (Lipinski definition) is 5. The van der Waals surface area contributed by atoms with Crippen LogP contribution in [-0.2, 0) is 9.47 Å². The molecule has 1 fully saturated rings. The van der Waals surface area contributed by atoms with Crippen LogP contribution in [0.25, 0.3) is 0 Å². The van der Waals surface area contributed by atoms with E-state index in [4.69, 9.17) is 14.6 Å². The van der Waals surface area contributed by atoms with Crippen molar-refractivity contribution in [1.29, 1.82) is 0 Å². The first kappa shape index (κ1) is 15.2. The normalized spacial score (nSPS) is 21.0. The third kappa shape index (κ3) is 3.89. The lowest BCUT2D eigenvalue weighted by Crippen LogP contribution is -2.46. The highest BCUT2D eigenvalue weighted by molar-refractivity contribution is 5.92. The first-order chi connectivity index (χ1) is 10.0. The molecule has 2 heterocycles. The Morgan fingerprint density at radius 3 is 2.95 bits per heavy atom. The Balaban J connectivity index is 1.90. The van der Waals surface area contributed by atoms with Gasteiger partial charge in [0.25, 0.3) is 0 Å². The molecule has 114 valence electrons. The van der Waals surface area contributed by atoms with E-state index in [0.717, 1.165) is 0 Å². The van der Waals surface area contributed by atoms with Gasteiger partial charge in [0, 0.05) is 26.3 Å². The summed E-state index contributed by atoms with van der Waals surface area (Å²) in [5, 5.41) is 14.1. The van der Waals surface area contributed by atoms with E-state index >= 15 is 0 Å². The first-order valence-corrected chi connectivity index (χ1v) is 6.41. The molecule has 1 saturated heterocycles. The number of rotatable bonds is 5. The minimum atomic E-state index is -1.10. The molecule has 2 rings (SSSR count). The first-order valence-electron chi connectivity index (χ1n) is 6.41. The molecule has 0 spiro atoms. The molecule has 0 aliphatic carbocycles. The van der Waals surface area contributed by atoms with Gasteiger partial charge < -0.3 is 25.2 Å². The fraction of sp³-hybridized carbons (Fsp3) is 0.462. The Morgan fingerprint density at radius 2 is 2.33 bits per heavy atom. The number of aromatic nitrogens is 1. The van der Waals surface area contributed by atoms with E-state index in [1.807, 2.05) is 0 Å². The SMILES string of the molecule is COC1(CNC(=O)Nc2cncc(C(=O)O)c2)CCOC1. The third-order valence-electron chi connectivity index (χ3n) is 3.31. The quantitative estimate of drug-likeness (QED) is 0.738. The maximum Gasteiger partial charge on any atom is 0.337 e. The van der Waals surface area contributed by atoms with Crippen LogP contribution in [0.1, 0.15) is 16.8 Å².